The summed E-state index contributed by atoms with van der Waals surface area (Å²) in [5, 5.41) is 9.64. The zero-order valence-corrected chi connectivity index (χ0v) is 18.4. The maximum absolute atomic E-state index is 12.8. The number of H-pyrrole nitrogens is 1. The Balaban J connectivity index is 1.22. The third kappa shape index (κ3) is 4.16. The average molecular weight is 451 g/mol. The first-order valence-electron chi connectivity index (χ1n) is 10.4. The van der Waals surface area contributed by atoms with Gasteiger partial charge in [-0.3, -0.25) is 4.79 Å². The van der Waals surface area contributed by atoms with Crippen LogP contribution in [0.3, 0.4) is 0 Å². The highest BCUT2D eigenvalue weighted by Crippen LogP contribution is 2.32. The number of para-hydroxylation sites is 1. The molecule has 0 radical (unpaired) electrons. The fourth-order valence-electron chi connectivity index (χ4n) is 3.62. The Morgan fingerprint density at radius 1 is 1.12 bits per heavy atom. The molecule has 8 nitrogen and oxygen atoms in total. The summed E-state index contributed by atoms with van der Waals surface area (Å²) in [4.78, 5) is 17.8. The molecule has 0 unspecified atom stereocenters. The van der Waals surface area contributed by atoms with Crippen LogP contribution in [0.4, 0.5) is 0 Å². The van der Waals surface area contributed by atoms with Crippen LogP contribution < -0.4 is 9.47 Å². The lowest BCUT2D eigenvalue weighted by atomic mass is 10.2. The predicted octanol–water partition coefficient (Wildman–Crippen LogP) is 4.13. The third-order valence-electron chi connectivity index (χ3n) is 5.26. The number of aromatic amines is 1. The maximum Gasteiger partial charge on any atom is 0.277 e. The van der Waals surface area contributed by atoms with Gasteiger partial charge in [-0.2, -0.15) is 0 Å². The second-order valence-electron chi connectivity index (χ2n) is 7.30. The summed E-state index contributed by atoms with van der Waals surface area (Å²) in [6.07, 6.45) is 1.85. The van der Waals surface area contributed by atoms with E-state index in [-0.39, 0.29) is 11.7 Å². The van der Waals surface area contributed by atoms with Crippen LogP contribution in [0, 0.1) is 0 Å². The van der Waals surface area contributed by atoms with Crippen molar-refractivity contribution in [3.63, 3.8) is 0 Å². The molecule has 2 aromatic carbocycles. The Morgan fingerprint density at radius 3 is 2.84 bits per heavy atom. The minimum Gasteiger partial charge on any atom is -0.486 e. The Kier molecular flexibility index (Phi) is 5.72. The number of fused-ring (bicyclic) bond motifs is 2. The van der Waals surface area contributed by atoms with E-state index < -0.39 is 0 Å². The van der Waals surface area contributed by atoms with E-state index in [2.05, 4.69) is 15.2 Å². The molecule has 0 saturated heterocycles. The van der Waals surface area contributed by atoms with Gasteiger partial charge in [-0.15, -0.1) is 10.2 Å². The largest absolute Gasteiger partial charge is 0.486 e. The Morgan fingerprint density at radius 2 is 1.97 bits per heavy atom. The molecule has 0 spiro atoms. The number of nitrogens with zero attached hydrogens (tertiary/aromatic N) is 3. The van der Waals surface area contributed by atoms with Gasteiger partial charge in [-0.05, 0) is 30.7 Å². The monoisotopic (exact) mass is 450 g/mol. The second-order valence-corrected chi connectivity index (χ2v) is 8.22. The Bertz CT molecular complexity index is 1250. The van der Waals surface area contributed by atoms with Crippen molar-refractivity contribution in [1.29, 1.82) is 0 Å². The Hall–Kier alpha value is -3.46. The smallest absolute Gasteiger partial charge is 0.277 e. The quantitative estimate of drug-likeness (QED) is 0.423. The first kappa shape index (κ1) is 20.4. The molecule has 32 heavy (non-hydrogen) atoms. The van der Waals surface area contributed by atoms with E-state index >= 15 is 0 Å². The molecule has 5 rings (SSSR count). The molecule has 1 aliphatic heterocycles. The molecule has 0 saturated carbocycles. The highest BCUT2D eigenvalue weighted by Gasteiger charge is 2.18. The van der Waals surface area contributed by atoms with Crippen LogP contribution in [0.5, 0.6) is 11.5 Å². The molecule has 0 aliphatic carbocycles. The van der Waals surface area contributed by atoms with Crippen molar-refractivity contribution in [2.45, 2.75) is 18.7 Å². The van der Waals surface area contributed by atoms with Gasteiger partial charge in [0.1, 0.15) is 13.2 Å². The molecule has 3 heterocycles. The maximum atomic E-state index is 12.8. The summed E-state index contributed by atoms with van der Waals surface area (Å²) in [5.74, 6) is 2.11. The number of thioether (sulfide) groups is 1. The topological polar surface area (TPSA) is 93.5 Å². The second kappa shape index (κ2) is 8.96. The lowest BCUT2D eigenvalue weighted by Crippen LogP contribution is -2.31. The molecule has 0 fully saturated rings. The van der Waals surface area contributed by atoms with Crippen molar-refractivity contribution < 1.29 is 18.7 Å². The number of aromatic nitrogens is 3. The van der Waals surface area contributed by atoms with E-state index in [0.29, 0.717) is 37.4 Å². The van der Waals surface area contributed by atoms with Crippen LogP contribution in [-0.4, -0.2) is 51.5 Å². The van der Waals surface area contributed by atoms with Gasteiger partial charge in [0.15, 0.2) is 11.5 Å². The van der Waals surface area contributed by atoms with Crippen LogP contribution in [0.15, 0.2) is 58.3 Å². The lowest BCUT2D eigenvalue weighted by molar-refractivity contribution is -0.128. The van der Waals surface area contributed by atoms with Crippen LogP contribution in [0.2, 0.25) is 0 Å². The summed E-state index contributed by atoms with van der Waals surface area (Å²) in [6, 6.07) is 13.7. The molecule has 1 aliphatic rings. The van der Waals surface area contributed by atoms with Gasteiger partial charge in [-0.1, -0.05) is 36.0 Å². The molecule has 0 bridgehead atoms. The predicted molar refractivity (Wildman–Crippen MR) is 121 cm³/mol. The minimum atomic E-state index is -0.000710. The van der Waals surface area contributed by atoms with E-state index in [1.165, 1.54) is 11.8 Å². The summed E-state index contributed by atoms with van der Waals surface area (Å²) >= 11 is 1.24. The number of carbonyl (C=O) groups is 1. The fourth-order valence-corrected chi connectivity index (χ4v) is 4.29. The third-order valence-corrected chi connectivity index (χ3v) is 6.06. The van der Waals surface area contributed by atoms with Crippen molar-refractivity contribution in [3.8, 4) is 23.0 Å². The van der Waals surface area contributed by atoms with Crippen molar-refractivity contribution in [2.75, 3.05) is 25.5 Å². The number of amides is 1. The number of rotatable bonds is 7. The Labute approximate surface area is 188 Å². The molecule has 2 aromatic heterocycles. The van der Waals surface area contributed by atoms with E-state index in [0.717, 1.165) is 33.5 Å². The number of benzene rings is 2. The molecule has 4 aromatic rings. The molecular weight excluding hydrogens is 428 g/mol. The lowest BCUT2D eigenvalue weighted by Gasteiger charge is -2.23. The van der Waals surface area contributed by atoms with Gasteiger partial charge >= 0.3 is 0 Å². The van der Waals surface area contributed by atoms with Gasteiger partial charge in [0, 0.05) is 30.2 Å². The molecule has 164 valence electrons. The van der Waals surface area contributed by atoms with E-state index in [1.54, 1.807) is 4.90 Å². The van der Waals surface area contributed by atoms with Gasteiger partial charge in [0.2, 0.25) is 5.91 Å². The first-order valence-corrected chi connectivity index (χ1v) is 11.4. The summed E-state index contributed by atoms with van der Waals surface area (Å²) in [7, 11) is 0. The number of ether oxygens (including phenoxy) is 2. The highest BCUT2D eigenvalue weighted by atomic mass is 32.2. The van der Waals surface area contributed by atoms with Gasteiger partial charge in [0.25, 0.3) is 11.1 Å². The number of hydrogen-bond donors (Lipinski definition) is 1. The van der Waals surface area contributed by atoms with Crippen molar-refractivity contribution in [1.82, 2.24) is 20.1 Å². The van der Waals surface area contributed by atoms with Crippen LogP contribution in [0.25, 0.3) is 22.4 Å². The van der Waals surface area contributed by atoms with Gasteiger partial charge in [0.05, 0.1) is 11.3 Å². The van der Waals surface area contributed by atoms with E-state index in [4.69, 9.17) is 13.9 Å². The molecule has 9 heteroatoms. The van der Waals surface area contributed by atoms with Crippen molar-refractivity contribution in [3.05, 3.63) is 54.2 Å². The highest BCUT2D eigenvalue weighted by molar-refractivity contribution is 7.99. The average Bonchev–Trinajstić information content (AvgIpc) is 3.47. The number of hydrogen-bond acceptors (Lipinski definition) is 7. The molecule has 1 N–H and O–H groups in total. The van der Waals surface area contributed by atoms with Crippen LogP contribution >= 0.6 is 11.8 Å². The van der Waals surface area contributed by atoms with E-state index in [1.807, 2.05) is 55.6 Å². The number of carbonyl (C=O) groups excluding carboxylic acids is 1. The number of nitrogens with one attached hydrogen (secondary N) is 1. The minimum absolute atomic E-state index is 0.000710. The summed E-state index contributed by atoms with van der Waals surface area (Å²) < 4.78 is 17.0. The van der Waals surface area contributed by atoms with Crippen molar-refractivity contribution >= 4 is 28.6 Å². The van der Waals surface area contributed by atoms with E-state index in [9.17, 15) is 4.79 Å². The zero-order chi connectivity index (χ0) is 21.9. The van der Waals surface area contributed by atoms with Crippen LogP contribution in [0.1, 0.15) is 12.5 Å². The summed E-state index contributed by atoms with van der Waals surface area (Å²) in [5.41, 5.74) is 2.84. The first-order chi connectivity index (χ1) is 15.7. The normalized spacial score (nSPS) is 12.8. The van der Waals surface area contributed by atoms with Gasteiger partial charge in [-0.25, -0.2) is 0 Å². The SMILES string of the molecule is CCN(Cc1ccc2c(c1)OCCO2)C(=O)CSc1nnc(-c2c[nH]c3ccccc23)o1. The van der Waals surface area contributed by atoms with Gasteiger partial charge < -0.3 is 23.8 Å². The summed E-state index contributed by atoms with van der Waals surface area (Å²) in [6.45, 7) is 4.15. The fraction of sp³-hybridized carbons (Fsp3) is 0.261. The zero-order valence-electron chi connectivity index (χ0n) is 17.5. The standard InChI is InChI=1S/C23H22N4O4S/c1-2-27(13-15-7-8-19-20(11-15)30-10-9-29-19)21(28)14-32-23-26-25-22(31-23)17-12-24-18-6-4-3-5-16(17)18/h3-8,11-12,24H,2,9-10,13-14H2,1H3. The molecular formula is C23H22N4O4S. The molecule has 1 amide bonds. The van der Waals surface area contributed by atoms with Crippen molar-refractivity contribution in [2.24, 2.45) is 0 Å². The van der Waals surface area contributed by atoms with Crippen LogP contribution in [-0.2, 0) is 11.3 Å². The molecule has 0 atom stereocenters.